The van der Waals surface area contributed by atoms with Gasteiger partial charge in [-0.3, -0.25) is 0 Å². The van der Waals surface area contributed by atoms with E-state index in [1.807, 2.05) is 0 Å². The number of alkyl halides is 2. The minimum Gasteiger partial charge on any atom is -0.429 e. The molecular weight excluding hydrogens is 559 g/mol. The Bertz CT molecular complexity index is 1650. The molecule has 0 aliphatic rings. The molecule has 0 saturated carbocycles. The maximum atomic E-state index is 14.8. The first-order valence-corrected chi connectivity index (χ1v) is 11.8. The maximum Gasteiger partial charge on any atom is 0.432 e. The van der Waals surface area contributed by atoms with Crippen LogP contribution in [0.4, 0.5) is 39.5 Å². The van der Waals surface area contributed by atoms with Crippen molar-refractivity contribution in [1.29, 1.82) is 0 Å². The molecule has 4 rings (SSSR count). The summed E-state index contributed by atoms with van der Waals surface area (Å²) in [6, 6.07) is 8.31. The smallest absolute Gasteiger partial charge is 0.429 e. The highest BCUT2D eigenvalue weighted by Crippen LogP contribution is 2.38. The largest absolute Gasteiger partial charge is 0.432 e. The van der Waals surface area contributed by atoms with Crippen LogP contribution in [-0.2, 0) is 12.5 Å². The van der Waals surface area contributed by atoms with E-state index in [1.54, 1.807) is 6.08 Å². The number of benzene rings is 4. The molecule has 0 spiro atoms. The number of ether oxygens (including phenoxy) is 1. The van der Waals surface area contributed by atoms with Gasteiger partial charge in [-0.15, -0.1) is 6.58 Å². The minimum absolute atomic E-state index is 0.217. The SMILES string of the molecule is C=CCCc1ccc(-c2cc(F)c(C(F)(F)Oc3ccc(C#Cc4cc(F)c(F)c(F)c4)c(F)c3)c(F)c2)c(F)c1. The summed E-state index contributed by atoms with van der Waals surface area (Å²) in [5.41, 5.74) is -2.47. The summed E-state index contributed by atoms with van der Waals surface area (Å²) >= 11 is 0. The molecule has 0 saturated heterocycles. The van der Waals surface area contributed by atoms with Crippen LogP contribution in [0.5, 0.6) is 5.75 Å². The summed E-state index contributed by atoms with van der Waals surface area (Å²) in [6.07, 6.45) is -1.93. The number of allylic oxidation sites excluding steroid dienone is 1. The summed E-state index contributed by atoms with van der Waals surface area (Å²) in [6.45, 7) is 3.57. The van der Waals surface area contributed by atoms with Crippen molar-refractivity contribution < 1.29 is 44.3 Å². The van der Waals surface area contributed by atoms with E-state index in [2.05, 4.69) is 23.2 Å². The molecule has 4 aromatic carbocycles. The van der Waals surface area contributed by atoms with E-state index in [4.69, 9.17) is 0 Å². The molecule has 0 amide bonds. The van der Waals surface area contributed by atoms with E-state index < -0.39 is 63.7 Å². The standard InChI is InChI=1S/C31H17F9O/c1-2-3-4-17-6-10-22(24(33)11-17)20-14-25(34)29(26(35)15-20)31(39,40)41-21-9-8-19(23(32)16-21)7-5-18-12-27(36)30(38)28(37)13-18/h2,6,8-16H,1,3-4H2. The molecule has 0 bridgehead atoms. The van der Waals surface area contributed by atoms with Crippen molar-refractivity contribution in [2.75, 3.05) is 0 Å². The Kier molecular flexibility index (Phi) is 8.47. The number of rotatable bonds is 7. The molecule has 41 heavy (non-hydrogen) atoms. The van der Waals surface area contributed by atoms with Gasteiger partial charge >= 0.3 is 6.11 Å². The van der Waals surface area contributed by atoms with Crippen LogP contribution >= 0.6 is 0 Å². The van der Waals surface area contributed by atoms with Gasteiger partial charge in [0.15, 0.2) is 17.5 Å². The molecule has 1 nitrogen and oxygen atoms in total. The van der Waals surface area contributed by atoms with Gasteiger partial charge in [-0.25, -0.2) is 30.7 Å². The van der Waals surface area contributed by atoms with Crippen LogP contribution in [0.2, 0.25) is 0 Å². The predicted octanol–water partition coefficient (Wildman–Crippen LogP) is 8.97. The normalized spacial score (nSPS) is 11.1. The van der Waals surface area contributed by atoms with E-state index in [0.717, 1.165) is 12.1 Å². The quantitative estimate of drug-likeness (QED) is 0.0924. The average Bonchev–Trinajstić information content (AvgIpc) is 2.89. The molecule has 0 fully saturated rings. The minimum atomic E-state index is -4.62. The van der Waals surface area contributed by atoms with Gasteiger partial charge in [0.1, 0.15) is 34.6 Å². The lowest BCUT2D eigenvalue weighted by Crippen LogP contribution is -2.25. The first kappa shape index (κ1) is 29.3. The average molecular weight is 576 g/mol. The topological polar surface area (TPSA) is 9.23 Å². The molecule has 0 aliphatic carbocycles. The summed E-state index contributed by atoms with van der Waals surface area (Å²) in [7, 11) is 0. The summed E-state index contributed by atoms with van der Waals surface area (Å²) in [5, 5.41) is 0. The van der Waals surface area contributed by atoms with Crippen molar-refractivity contribution >= 4 is 0 Å². The van der Waals surface area contributed by atoms with Crippen molar-refractivity contribution in [3.8, 4) is 28.7 Å². The molecule has 0 unspecified atom stereocenters. The van der Waals surface area contributed by atoms with Crippen molar-refractivity contribution in [3.63, 3.8) is 0 Å². The molecule has 0 atom stereocenters. The number of hydrogen-bond acceptors (Lipinski definition) is 1. The van der Waals surface area contributed by atoms with E-state index >= 15 is 0 Å². The third-order valence-corrected chi connectivity index (χ3v) is 5.83. The van der Waals surface area contributed by atoms with Gasteiger partial charge in [-0.2, -0.15) is 8.78 Å². The van der Waals surface area contributed by atoms with Gasteiger partial charge in [-0.05, 0) is 66.4 Å². The van der Waals surface area contributed by atoms with Gasteiger partial charge in [0.2, 0.25) is 0 Å². The van der Waals surface area contributed by atoms with E-state index in [9.17, 15) is 39.5 Å². The zero-order valence-corrected chi connectivity index (χ0v) is 20.8. The zero-order chi connectivity index (χ0) is 29.9. The molecule has 0 aromatic heterocycles. The highest BCUT2D eigenvalue weighted by Gasteiger charge is 2.41. The van der Waals surface area contributed by atoms with E-state index in [0.29, 0.717) is 48.7 Å². The fourth-order valence-electron chi connectivity index (χ4n) is 3.85. The Morgan fingerprint density at radius 3 is 1.95 bits per heavy atom. The lowest BCUT2D eigenvalue weighted by Gasteiger charge is -2.20. The zero-order valence-electron chi connectivity index (χ0n) is 20.8. The van der Waals surface area contributed by atoms with Crippen molar-refractivity contribution in [3.05, 3.63) is 136 Å². The van der Waals surface area contributed by atoms with Gasteiger partial charge < -0.3 is 4.74 Å². The molecule has 0 aliphatic heterocycles. The second-order valence-electron chi connectivity index (χ2n) is 8.72. The first-order chi connectivity index (χ1) is 19.4. The fourth-order valence-corrected chi connectivity index (χ4v) is 3.85. The fraction of sp³-hybridized carbons (Fsp3) is 0.0968. The molecule has 4 aromatic rings. The number of aryl methyl sites for hydroxylation is 1. The number of hydrogen-bond donors (Lipinski definition) is 0. The second kappa shape index (κ2) is 11.8. The van der Waals surface area contributed by atoms with E-state index in [1.165, 1.54) is 18.2 Å². The van der Waals surface area contributed by atoms with E-state index in [-0.39, 0.29) is 16.7 Å². The predicted molar refractivity (Wildman–Crippen MR) is 133 cm³/mol. The Morgan fingerprint density at radius 2 is 1.37 bits per heavy atom. The van der Waals surface area contributed by atoms with Crippen molar-refractivity contribution in [2.24, 2.45) is 0 Å². The molecule has 10 heteroatoms. The van der Waals surface area contributed by atoms with Crippen molar-refractivity contribution in [1.82, 2.24) is 0 Å². The Hall–Kier alpha value is -4.65. The van der Waals surface area contributed by atoms with Crippen LogP contribution < -0.4 is 4.74 Å². The molecule has 210 valence electrons. The Labute approximate surface area is 228 Å². The Morgan fingerprint density at radius 1 is 0.707 bits per heavy atom. The molecule has 0 radical (unpaired) electrons. The van der Waals surface area contributed by atoms with Crippen LogP contribution in [0.15, 0.2) is 73.3 Å². The van der Waals surface area contributed by atoms with Crippen LogP contribution in [0.3, 0.4) is 0 Å². The van der Waals surface area contributed by atoms with Gasteiger partial charge in [-0.1, -0.05) is 30.0 Å². The van der Waals surface area contributed by atoms with Crippen LogP contribution in [0, 0.1) is 52.6 Å². The molecule has 0 heterocycles. The van der Waals surface area contributed by atoms with Crippen molar-refractivity contribution in [2.45, 2.75) is 19.0 Å². The summed E-state index contributed by atoms with van der Waals surface area (Å²) < 4.78 is 132. The van der Waals surface area contributed by atoms with Gasteiger partial charge in [0, 0.05) is 17.2 Å². The number of halogens is 9. The second-order valence-corrected chi connectivity index (χ2v) is 8.72. The third kappa shape index (κ3) is 6.57. The van der Waals surface area contributed by atoms with Crippen LogP contribution in [0.25, 0.3) is 11.1 Å². The summed E-state index contributed by atoms with van der Waals surface area (Å²) in [5.74, 6) is -6.67. The summed E-state index contributed by atoms with van der Waals surface area (Å²) in [4.78, 5) is 0. The molecular formula is C31H17F9O. The third-order valence-electron chi connectivity index (χ3n) is 5.83. The Balaban J connectivity index is 1.57. The lowest BCUT2D eigenvalue weighted by atomic mass is 9.99. The van der Waals surface area contributed by atoms with Crippen LogP contribution in [0.1, 0.15) is 28.7 Å². The monoisotopic (exact) mass is 576 g/mol. The lowest BCUT2D eigenvalue weighted by molar-refractivity contribution is -0.189. The highest BCUT2D eigenvalue weighted by atomic mass is 19.3. The highest BCUT2D eigenvalue weighted by molar-refractivity contribution is 5.65. The maximum absolute atomic E-state index is 14.8. The van der Waals surface area contributed by atoms with Gasteiger partial charge in [0.05, 0.1) is 5.56 Å². The first-order valence-electron chi connectivity index (χ1n) is 11.8. The molecule has 0 N–H and O–H groups in total. The van der Waals surface area contributed by atoms with Gasteiger partial charge in [0.25, 0.3) is 0 Å². The van der Waals surface area contributed by atoms with Crippen LogP contribution in [-0.4, -0.2) is 0 Å².